The maximum Gasteiger partial charge on any atom is 0.416 e. The van der Waals surface area contributed by atoms with Crippen LogP contribution in [0.5, 0.6) is 5.75 Å². The molecule has 0 aromatic heterocycles. The van der Waals surface area contributed by atoms with E-state index in [1.807, 2.05) is 30.3 Å². The van der Waals surface area contributed by atoms with Gasteiger partial charge in [0.25, 0.3) is 0 Å². The van der Waals surface area contributed by atoms with Gasteiger partial charge in [0.1, 0.15) is 11.9 Å². The number of fused-ring (bicyclic) bond motifs is 2. The third kappa shape index (κ3) is 3.66. The summed E-state index contributed by atoms with van der Waals surface area (Å²) in [5, 5.41) is 3.52. The highest BCUT2D eigenvalue weighted by Crippen LogP contribution is 2.37. The highest BCUT2D eigenvalue weighted by atomic mass is 19.4. The molecule has 132 valence electrons. The van der Waals surface area contributed by atoms with E-state index >= 15 is 0 Å². The van der Waals surface area contributed by atoms with Gasteiger partial charge in [0, 0.05) is 12.1 Å². The van der Waals surface area contributed by atoms with E-state index in [0.717, 1.165) is 37.3 Å². The van der Waals surface area contributed by atoms with Crippen molar-refractivity contribution in [1.82, 2.24) is 5.32 Å². The molecule has 2 heterocycles. The average molecular weight is 347 g/mol. The molecule has 2 aromatic rings. The molecule has 4 rings (SSSR count). The molecule has 0 aliphatic carbocycles. The van der Waals surface area contributed by atoms with E-state index in [2.05, 4.69) is 5.32 Å². The van der Waals surface area contributed by atoms with Crippen molar-refractivity contribution in [2.75, 3.05) is 0 Å². The smallest absolute Gasteiger partial charge is 0.416 e. The molecule has 25 heavy (non-hydrogen) atoms. The van der Waals surface area contributed by atoms with Crippen LogP contribution in [0, 0.1) is 0 Å². The van der Waals surface area contributed by atoms with Crippen LogP contribution in [0.15, 0.2) is 48.5 Å². The number of ether oxygens (including phenoxy) is 1. The second-order valence-corrected chi connectivity index (χ2v) is 6.96. The van der Waals surface area contributed by atoms with Gasteiger partial charge < -0.3 is 10.1 Å². The summed E-state index contributed by atoms with van der Waals surface area (Å²) in [7, 11) is 0. The van der Waals surface area contributed by atoms with Crippen molar-refractivity contribution in [3.05, 3.63) is 54.1 Å². The minimum Gasteiger partial charge on any atom is -0.490 e. The van der Waals surface area contributed by atoms with Crippen LogP contribution in [0.3, 0.4) is 0 Å². The molecule has 2 fully saturated rings. The summed E-state index contributed by atoms with van der Waals surface area (Å²) in [6.07, 6.45) is -0.451. The van der Waals surface area contributed by atoms with Crippen molar-refractivity contribution < 1.29 is 17.9 Å². The van der Waals surface area contributed by atoms with E-state index < -0.39 is 11.7 Å². The van der Waals surface area contributed by atoms with Gasteiger partial charge >= 0.3 is 6.18 Å². The minimum absolute atomic E-state index is 0.0224. The topological polar surface area (TPSA) is 21.3 Å². The summed E-state index contributed by atoms with van der Waals surface area (Å²) < 4.78 is 45.9. The van der Waals surface area contributed by atoms with E-state index in [0.29, 0.717) is 23.4 Å². The molecule has 1 N–H and O–H groups in total. The second kappa shape index (κ2) is 6.37. The van der Waals surface area contributed by atoms with Crippen molar-refractivity contribution in [1.29, 1.82) is 0 Å². The van der Waals surface area contributed by atoms with Gasteiger partial charge in [-0.25, -0.2) is 0 Å². The van der Waals surface area contributed by atoms with Crippen molar-refractivity contribution in [2.24, 2.45) is 0 Å². The van der Waals surface area contributed by atoms with Crippen LogP contribution in [0.4, 0.5) is 13.2 Å². The Morgan fingerprint density at radius 1 is 0.880 bits per heavy atom. The van der Waals surface area contributed by atoms with Crippen LogP contribution in [0.25, 0.3) is 11.1 Å². The van der Waals surface area contributed by atoms with E-state index in [-0.39, 0.29) is 6.10 Å². The molecule has 2 aromatic carbocycles. The van der Waals surface area contributed by atoms with Gasteiger partial charge in [-0.1, -0.05) is 30.3 Å². The fourth-order valence-corrected chi connectivity index (χ4v) is 3.92. The first-order chi connectivity index (χ1) is 12.0. The normalized spacial score (nSPS) is 25.8. The average Bonchev–Trinajstić information content (AvgIpc) is 2.93. The molecular weight excluding hydrogens is 327 g/mol. The molecule has 2 bridgehead atoms. The molecule has 0 amide bonds. The maximum absolute atomic E-state index is 13.3. The number of nitrogens with one attached hydrogen (secondary N) is 1. The Morgan fingerprint density at radius 2 is 1.56 bits per heavy atom. The van der Waals surface area contributed by atoms with Crippen molar-refractivity contribution in [3.8, 4) is 16.9 Å². The molecular formula is C20H20F3NO. The number of hydrogen-bond donors (Lipinski definition) is 1. The quantitative estimate of drug-likeness (QED) is 0.840. The number of halogens is 3. The highest BCUT2D eigenvalue weighted by molar-refractivity contribution is 5.66. The van der Waals surface area contributed by atoms with Gasteiger partial charge in [-0.05, 0) is 55.0 Å². The molecule has 2 nitrogen and oxygen atoms in total. The van der Waals surface area contributed by atoms with Crippen LogP contribution in [0.2, 0.25) is 0 Å². The van der Waals surface area contributed by atoms with Crippen LogP contribution in [-0.4, -0.2) is 18.2 Å². The molecule has 2 aliphatic heterocycles. The van der Waals surface area contributed by atoms with Crippen LogP contribution >= 0.6 is 0 Å². The lowest BCUT2D eigenvalue weighted by atomic mass is 10.0. The van der Waals surface area contributed by atoms with Gasteiger partial charge in [-0.15, -0.1) is 0 Å². The van der Waals surface area contributed by atoms with Gasteiger partial charge in [0.05, 0.1) is 5.56 Å². The Kier molecular flexibility index (Phi) is 4.20. The molecule has 5 heteroatoms. The summed E-state index contributed by atoms with van der Waals surface area (Å²) in [6.45, 7) is 0. The Labute approximate surface area is 145 Å². The van der Waals surface area contributed by atoms with Crippen molar-refractivity contribution in [2.45, 2.75) is 50.0 Å². The Hall–Kier alpha value is -2.01. The summed E-state index contributed by atoms with van der Waals surface area (Å²) >= 11 is 0. The van der Waals surface area contributed by atoms with E-state index in [1.54, 1.807) is 6.07 Å². The molecule has 1 unspecified atom stereocenters. The van der Waals surface area contributed by atoms with Crippen molar-refractivity contribution >= 4 is 0 Å². The van der Waals surface area contributed by atoms with Crippen molar-refractivity contribution in [3.63, 3.8) is 0 Å². The van der Waals surface area contributed by atoms with E-state index in [1.165, 1.54) is 6.07 Å². The van der Waals surface area contributed by atoms with E-state index in [4.69, 9.17) is 4.74 Å². The molecule has 0 spiro atoms. The molecule has 2 aliphatic rings. The predicted octanol–water partition coefficient (Wildman–Crippen LogP) is 5.03. The highest BCUT2D eigenvalue weighted by Gasteiger charge is 2.35. The van der Waals surface area contributed by atoms with Gasteiger partial charge in [0.2, 0.25) is 0 Å². The first-order valence-electron chi connectivity index (χ1n) is 8.68. The third-order valence-corrected chi connectivity index (χ3v) is 5.07. The molecule has 3 atom stereocenters. The Morgan fingerprint density at radius 3 is 2.20 bits per heavy atom. The number of hydrogen-bond acceptors (Lipinski definition) is 2. The summed E-state index contributed by atoms with van der Waals surface area (Å²) in [5.74, 6) is 0.306. The second-order valence-electron chi connectivity index (χ2n) is 6.96. The Bertz CT molecular complexity index is 732. The lowest BCUT2D eigenvalue weighted by molar-refractivity contribution is -0.137. The molecule has 0 saturated carbocycles. The standard InChI is InChI=1S/C20H20F3NO/c21-20(22,23)15-8-14(13-4-2-1-3-5-13)9-18(10-15)25-19-11-16-6-7-17(12-19)24-16/h1-5,8-10,16-17,19,24H,6-7,11-12H2/t16-,17+,19?. The fraction of sp³-hybridized carbons (Fsp3) is 0.400. The number of piperidine rings is 1. The SMILES string of the molecule is FC(F)(F)c1cc(OC2C[C@H]3CC[C@@H](C2)N3)cc(-c2ccccc2)c1. The number of benzene rings is 2. The fourth-order valence-electron chi connectivity index (χ4n) is 3.92. The summed E-state index contributed by atoms with van der Waals surface area (Å²) in [6, 6.07) is 14.0. The van der Waals surface area contributed by atoms with Crippen LogP contribution in [0.1, 0.15) is 31.2 Å². The third-order valence-electron chi connectivity index (χ3n) is 5.07. The zero-order valence-corrected chi connectivity index (χ0v) is 13.7. The maximum atomic E-state index is 13.3. The molecule has 0 radical (unpaired) electrons. The first kappa shape index (κ1) is 16.5. The first-order valence-corrected chi connectivity index (χ1v) is 8.68. The zero-order valence-electron chi connectivity index (χ0n) is 13.7. The Balaban J connectivity index is 1.64. The van der Waals surface area contributed by atoms with Crippen LogP contribution < -0.4 is 10.1 Å². The van der Waals surface area contributed by atoms with E-state index in [9.17, 15) is 13.2 Å². The number of alkyl halides is 3. The lowest BCUT2D eigenvalue weighted by Gasteiger charge is -2.30. The predicted molar refractivity (Wildman–Crippen MR) is 90.5 cm³/mol. The lowest BCUT2D eigenvalue weighted by Crippen LogP contribution is -2.42. The van der Waals surface area contributed by atoms with Crippen LogP contribution in [-0.2, 0) is 6.18 Å². The summed E-state index contributed by atoms with van der Waals surface area (Å²) in [5.41, 5.74) is 0.618. The number of rotatable bonds is 3. The minimum atomic E-state index is -4.39. The zero-order chi connectivity index (χ0) is 17.4. The largest absolute Gasteiger partial charge is 0.490 e. The van der Waals surface area contributed by atoms with Gasteiger partial charge in [0.15, 0.2) is 0 Å². The van der Waals surface area contributed by atoms with Gasteiger partial charge in [-0.2, -0.15) is 13.2 Å². The monoisotopic (exact) mass is 347 g/mol. The summed E-state index contributed by atoms with van der Waals surface area (Å²) in [4.78, 5) is 0. The van der Waals surface area contributed by atoms with Gasteiger partial charge in [-0.3, -0.25) is 0 Å². The molecule has 2 saturated heterocycles.